The molecule has 206 valence electrons. The zero-order valence-electron chi connectivity index (χ0n) is 22.2. The molecular weight excluding hydrogens is 478 g/mol. The normalized spacial score (nSPS) is 18.9. The van der Waals surface area contributed by atoms with Gasteiger partial charge in [-0.2, -0.15) is 0 Å². The Morgan fingerprint density at radius 1 is 0.917 bits per heavy atom. The molecule has 0 aromatic carbocycles. The molecule has 0 saturated heterocycles. The largest absolute Gasteiger partial charge is 0.479 e. The van der Waals surface area contributed by atoms with Crippen LogP contribution in [0.5, 0.6) is 0 Å². The van der Waals surface area contributed by atoms with Gasteiger partial charge in [0.15, 0.2) is 23.1 Å². The third-order valence-corrected chi connectivity index (χ3v) is 6.58. The monoisotopic (exact) mass is 517 g/mol. The highest BCUT2D eigenvalue weighted by Gasteiger charge is 2.60. The highest BCUT2D eigenvalue weighted by molar-refractivity contribution is 6.27. The first kappa shape index (κ1) is 33.3. The molecule has 0 bridgehead atoms. The van der Waals surface area contributed by atoms with Gasteiger partial charge in [-0.15, -0.1) is 0 Å². The van der Waals surface area contributed by atoms with E-state index in [-0.39, 0.29) is 5.92 Å². The summed E-state index contributed by atoms with van der Waals surface area (Å²) in [5, 5.41) is 42.3. The van der Waals surface area contributed by atoms with Crippen LogP contribution < -0.4 is 5.32 Å². The van der Waals surface area contributed by atoms with Crippen LogP contribution in [-0.2, 0) is 28.8 Å². The van der Waals surface area contributed by atoms with Crippen molar-refractivity contribution >= 4 is 35.1 Å². The number of hydrogen-bond acceptors (Lipinski definition) is 10. The van der Waals surface area contributed by atoms with Gasteiger partial charge in [0.1, 0.15) is 12.2 Å². The molecule has 0 fully saturated rings. The van der Waals surface area contributed by atoms with Crippen LogP contribution in [-0.4, -0.2) is 122 Å². The Kier molecular flexibility index (Phi) is 11.5. The number of nitrogens with one attached hydrogen (secondary N) is 1. The average Bonchev–Trinajstić information content (AvgIpc) is 2.81. The van der Waals surface area contributed by atoms with E-state index in [9.17, 15) is 49.2 Å². The SMILES string of the molecule is CC[C@@H](C)[C@H](NC)C(=O)C(C(=O)[C@](C)(C(=O)[C@](C)(O)C(=O)O)N(C)C(=O)[C@@H](C)O)N(C)C(=O)[C@@H](C)O. The molecule has 5 N–H and O–H groups in total. The maximum atomic E-state index is 14.1. The Morgan fingerprint density at radius 3 is 1.69 bits per heavy atom. The molecule has 0 spiro atoms. The van der Waals surface area contributed by atoms with Crippen LogP contribution in [0, 0.1) is 5.92 Å². The van der Waals surface area contributed by atoms with E-state index in [0.29, 0.717) is 23.1 Å². The lowest BCUT2D eigenvalue weighted by molar-refractivity contribution is -0.174. The van der Waals surface area contributed by atoms with Gasteiger partial charge in [0, 0.05) is 14.1 Å². The number of aliphatic carboxylic acids is 1. The summed E-state index contributed by atoms with van der Waals surface area (Å²) in [5.41, 5.74) is -6.03. The van der Waals surface area contributed by atoms with Crippen LogP contribution in [0.25, 0.3) is 0 Å². The van der Waals surface area contributed by atoms with Gasteiger partial charge in [-0.25, -0.2) is 4.79 Å². The Bertz CT molecular complexity index is 885. The minimum atomic E-state index is -3.20. The lowest BCUT2D eigenvalue weighted by Gasteiger charge is -2.43. The lowest BCUT2D eigenvalue weighted by Crippen LogP contribution is -2.71. The van der Waals surface area contributed by atoms with E-state index in [0.717, 1.165) is 34.9 Å². The molecular formula is C23H39N3O10. The molecule has 0 heterocycles. The van der Waals surface area contributed by atoms with E-state index in [4.69, 9.17) is 0 Å². The van der Waals surface area contributed by atoms with Gasteiger partial charge >= 0.3 is 5.97 Å². The number of amides is 2. The van der Waals surface area contributed by atoms with Crippen molar-refractivity contribution in [2.45, 2.75) is 83.4 Å². The molecule has 0 saturated carbocycles. The van der Waals surface area contributed by atoms with Crippen molar-refractivity contribution in [2.75, 3.05) is 21.1 Å². The number of ketones is 3. The summed E-state index contributed by atoms with van der Waals surface area (Å²) >= 11 is 0. The molecule has 0 aliphatic carbocycles. The minimum Gasteiger partial charge on any atom is -0.479 e. The molecule has 2 amide bonds. The molecule has 7 atom stereocenters. The molecule has 0 radical (unpaired) electrons. The smallest absolute Gasteiger partial charge is 0.343 e. The summed E-state index contributed by atoms with van der Waals surface area (Å²) in [7, 11) is 3.40. The summed E-state index contributed by atoms with van der Waals surface area (Å²) in [6, 6.07) is -3.10. The maximum absolute atomic E-state index is 14.1. The molecule has 36 heavy (non-hydrogen) atoms. The zero-order chi connectivity index (χ0) is 28.9. The first-order valence-corrected chi connectivity index (χ1v) is 11.4. The first-order chi connectivity index (χ1) is 16.3. The predicted octanol–water partition coefficient (Wildman–Crippen LogP) is -2.03. The quantitative estimate of drug-likeness (QED) is 0.159. The highest BCUT2D eigenvalue weighted by atomic mass is 16.4. The van der Waals surface area contributed by atoms with Gasteiger partial charge in [-0.3, -0.25) is 24.0 Å². The molecule has 13 nitrogen and oxygen atoms in total. The third kappa shape index (κ3) is 6.33. The number of likely N-dealkylation sites (N-methyl/N-ethyl adjacent to an activating group) is 3. The molecule has 0 aromatic rings. The molecule has 1 unspecified atom stereocenters. The molecule has 0 aliphatic heterocycles. The Balaban J connectivity index is 7.32. The van der Waals surface area contributed by atoms with E-state index >= 15 is 0 Å². The topological polar surface area (TPSA) is 202 Å². The van der Waals surface area contributed by atoms with E-state index in [1.165, 1.54) is 7.05 Å². The number of carbonyl (C=O) groups excluding carboxylic acids is 5. The van der Waals surface area contributed by atoms with E-state index in [1.54, 1.807) is 13.8 Å². The van der Waals surface area contributed by atoms with E-state index < -0.39 is 70.6 Å². The summed E-state index contributed by atoms with van der Waals surface area (Å²) in [4.78, 5) is 79.2. The van der Waals surface area contributed by atoms with Crippen molar-refractivity contribution in [2.24, 2.45) is 5.92 Å². The fourth-order valence-corrected chi connectivity index (χ4v) is 3.80. The second-order valence-corrected chi connectivity index (χ2v) is 9.30. The van der Waals surface area contributed by atoms with Crippen molar-refractivity contribution in [3.8, 4) is 0 Å². The number of carboxylic acid groups (broad SMARTS) is 1. The zero-order valence-corrected chi connectivity index (χ0v) is 22.2. The Hall–Kier alpha value is -2.74. The van der Waals surface area contributed by atoms with E-state index in [1.807, 2.05) is 0 Å². The summed E-state index contributed by atoms with van der Waals surface area (Å²) in [6.07, 6.45) is -2.94. The Labute approximate surface area is 210 Å². The van der Waals surface area contributed by atoms with Gasteiger partial charge < -0.3 is 35.5 Å². The lowest BCUT2D eigenvalue weighted by atomic mass is 9.75. The fourth-order valence-electron chi connectivity index (χ4n) is 3.80. The van der Waals surface area contributed by atoms with Crippen molar-refractivity contribution in [3.05, 3.63) is 0 Å². The van der Waals surface area contributed by atoms with Crippen LogP contribution in [0.15, 0.2) is 0 Å². The van der Waals surface area contributed by atoms with Crippen molar-refractivity contribution in [1.82, 2.24) is 15.1 Å². The average molecular weight is 518 g/mol. The van der Waals surface area contributed by atoms with Gasteiger partial charge in [-0.1, -0.05) is 20.3 Å². The van der Waals surface area contributed by atoms with Crippen molar-refractivity contribution in [3.63, 3.8) is 0 Å². The number of aliphatic hydroxyl groups is 3. The molecule has 0 aliphatic rings. The second kappa shape index (κ2) is 12.5. The van der Waals surface area contributed by atoms with Crippen LogP contribution in [0.4, 0.5) is 0 Å². The standard InChI is InChI=1S/C23H39N3O10/c1-10-11(2)14(24-7)16(29)15(25(8)18(31)12(3)27)17(30)22(5,26(9)19(32)13(4)28)20(33)23(6,36)21(34)35/h11-15,24,27-28,36H,10H2,1-9H3,(H,34,35)/t11-,12-,13-,14+,15?,22-,23+/m1/s1. The van der Waals surface area contributed by atoms with Crippen LogP contribution in [0.1, 0.15) is 48.0 Å². The highest BCUT2D eigenvalue weighted by Crippen LogP contribution is 2.28. The number of hydrogen-bond donors (Lipinski definition) is 5. The maximum Gasteiger partial charge on any atom is 0.343 e. The summed E-state index contributed by atoms with van der Waals surface area (Å²) < 4.78 is 0. The number of nitrogens with zero attached hydrogens (tertiary/aromatic N) is 2. The minimum absolute atomic E-state index is 0.367. The Morgan fingerprint density at radius 2 is 1.36 bits per heavy atom. The first-order valence-electron chi connectivity index (χ1n) is 11.4. The molecule has 0 aromatic heterocycles. The van der Waals surface area contributed by atoms with Crippen LogP contribution >= 0.6 is 0 Å². The summed E-state index contributed by atoms with van der Waals surface area (Å²) in [6.45, 7) is 7.03. The van der Waals surface area contributed by atoms with Crippen molar-refractivity contribution in [1.29, 1.82) is 0 Å². The van der Waals surface area contributed by atoms with Crippen molar-refractivity contribution < 1.29 is 49.2 Å². The van der Waals surface area contributed by atoms with Gasteiger partial charge in [0.25, 0.3) is 11.8 Å². The molecule has 13 heteroatoms. The third-order valence-electron chi connectivity index (χ3n) is 6.58. The number of carbonyl (C=O) groups is 6. The van der Waals surface area contributed by atoms with Gasteiger partial charge in [0.05, 0.1) is 6.04 Å². The number of Topliss-reactive ketones (excluding diaryl/α,β-unsaturated/α-hetero) is 3. The molecule has 0 rings (SSSR count). The van der Waals surface area contributed by atoms with Crippen LogP contribution in [0.2, 0.25) is 0 Å². The second-order valence-electron chi connectivity index (χ2n) is 9.30. The van der Waals surface area contributed by atoms with E-state index in [2.05, 4.69) is 5.32 Å². The van der Waals surface area contributed by atoms with Crippen LogP contribution in [0.3, 0.4) is 0 Å². The number of rotatable bonds is 14. The number of aliphatic hydroxyl groups excluding tert-OH is 2. The fraction of sp³-hybridized carbons (Fsp3) is 0.739. The number of carboxylic acids is 1. The summed E-state index contributed by atoms with van der Waals surface area (Å²) in [5.74, 6) is -8.63. The van der Waals surface area contributed by atoms with Gasteiger partial charge in [0.2, 0.25) is 11.4 Å². The predicted molar refractivity (Wildman–Crippen MR) is 127 cm³/mol. The van der Waals surface area contributed by atoms with Gasteiger partial charge in [-0.05, 0) is 40.7 Å².